The molecule has 3 aromatic carbocycles. The van der Waals surface area contributed by atoms with Crippen molar-refractivity contribution in [2.75, 3.05) is 19.8 Å². The van der Waals surface area contributed by atoms with Crippen LogP contribution in [0.25, 0.3) is 12.2 Å². The molecule has 6 nitrogen and oxygen atoms in total. The van der Waals surface area contributed by atoms with Crippen LogP contribution in [-0.2, 0) is 4.74 Å². The number of halogens is 2. The van der Waals surface area contributed by atoms with E-state index in [-0.39, 0.29) is 23.0 Å². The first kappa shape index (κ1) is 32.6. The number of benzene rings is 3. The fraction of sp³-hybridized carbons (Fsp3) is 0.385. The monoisotopic (exact) mass is 641 g/mol. The van der Waals surface area contributed by atoms with Crippen molar-refractivity contribution in [3.8, 4) is 17.2 Å². The maximum atomic E-state index is 13.4. The van der Waals surface area contributed by atoms with Gasteiger partial charge in [0.05, 0.1) is 12.2 Å². The zero-order chi connectivity index (χ0) is 32.8. The highest BCUT2D eigenvalue weighted by Gasteiger charge is 2.27. The molecule has 3 aliphatic carbocycles. The second-order valence-electron chi connectivity index (χ2n) is 12.8. The predicted octanol–water partition coefficient (Wildman–Crippen LogP) is 7.13. The fourth-order valence-corrected chi connectivity index (χ4v) is 6.29. The molecule has 246 valence electrons. The van der Waals surface area contributed by atoms with Crippen LogP contribution < -0.4 is 25.2 Å². The van der Waals surface area contributed by atoms with Gasteiger partial charge in [-0.2, -0.15) is 8.78 Å². The van der Waals surface area contributed by atoms with E-state index >= 15 is 0 Å². The number of nitrogens with one attached hydrogen (secondary N) is 1. The minimum Gasteiger partial charge on any atom is -0.457 e. The van der Waals surface area contributed by atoms with Crippen molar-refractivity contribution in [2.45, 2.75) is 58.5 Å². The largest absolute Gasteiger partial charge is 0.457 e. The molecule has 3 aromatic rings. The standard InChI is InChI=1S/C39H41F2NO5/c1-25-2-15-32(16-3-25)46-33-17-12-30(13-18-33)36(43)29-10-8-26(9-11-29)4-7-28-22-31-14-19-34(37(35(31)23-28)47-39(40)41)38(44)42-20-21-45-24-27-5-6-27/h2-3,7,12-19,22-23,26-27,29,39H,4-6,8-11,20-21,24H2,1H3,(H,42,44)/b28-7+. The number of hydrogen-bond donors (Lipinski definition) is 1. The quantitative estimate of drug-likeness (QED) is 0.150. The van der Waals surface area contributed by atoms with E-state index in [4.69, 9.17) is 14.2 Å². The minimum atomic E-state index is -3.06. The van der Waals surface area contributed by atoms with Crippen molar-refractivity contribution in [3.05, 3.63) is 99.4 Å². The number of alkyl halides is 2. The second kappa shape index (κ2) is 15.1. The zero-order valence-corrected chi connectivity index (χ0v) is 26.7. The summed E-state index contributed by atoms with van der Waals surface area (Å²) < 4.78 is 43.2. The molecule has 2 fully saturated rings. The zero-order valence-electron chi connectivity index (χ0n) is 26.7. The van der Waals surface area contributed by atoms with Gasteiger partial charge in [-0.1, -0.05) is 29.8 Å². The Labute approximate surface area is 274 Å². The molecule has 0 aliphatic heterocycles. The van der Waals surface area contributed by atoms with Crippen molar-refractivity contribution in [3.63, 3.8) is 0 Å². The molecule has 1 amide bonds. The van der Waals surface area contributed by atoms with E-state index in [9.17, 15) is 18.4 Å². The van der Waals surface area contributed by atoms with Gasteiger partial charge in [-0.3, -0.25) is 9.59 Å². The van der Waals surface area contributed by atoms with Crippen LogP contribution in [0.2, 0.25) is 0 Å². The Kier molecular flexibility index (Phi) is 10.5. The molecule has 0 saturated heterocycles. The van der Waals surface area contributed by atoms with Gasteiger partial charge in [-0.15, -0.1) is 0 Å². The van der Waals surface area contributed by atoms with E-state index in [1.165, 1.54) is 24.5 Å². The van der Waals surface area contributed by atoms with E-state index in [0.29, 0.717) is 48.1 Å². The number of hydrogen-bond acceptors (Lipinski definition) is 5. The molecular weight excluding hydrogens is 600 g/mol. The number of rotatable bonds is 14. The Hall–Kier alpha value is -4.30. The fourth-order valence-electron chi connectivity index (χ4n) is 6.29. The van der Waals surface area contributed by atoms with Gasteiger partial charge < -0.3 is 19.5 Å². The first-order chi connectivity index (χ1) is 22.8. The topological polar surface area (TPSA) is 73.9 Å². The molecule has 0 unspecified atom stereocenters. The Bertz CT molecular complexity index is 1720. The van der Waals surface area contributed by atoms with Gasteiger partial charge in [0.15, 0.2) is 5.78 Å². The Morgan fingerprint density at radius 1 is 0.872 bits per heavy atom. The third-order valence-electron chi connectivity index (χ3n) is 9.20. The summed E-state index contributed by atoms with van der Waals surface area (Å²) in [7, 11) is 0. The van der Waals surface area contributed by atoms with E-state index in [1.54, 1.807) is 6.07 Å². The normalized spacial score (nSPS) is 19.5. The summed E-state index contributed by atoms with van der Waals surface area (Å²) in [5, 5.41) is 3.98. The molecule has 0 aromatic heterocycles. The number of allylic oxidation sites excluding steroid dienone is 2. The average molecular weight is 642 g/mol. The number of carbonyl (C=O) groups is 2. The highest BCUT2D eigenvalue weighted by molar-refractivity contribution is 5.98. The van der Waals surface area contributed by atoms with Crippen molar-refractivity contribution in [2.24, 2.45) is 17.8 Å². The molecule has 0 atom stereocenters. The first-order valence-corrected chi connectivity index (χ1v) is 16.6. The van der Waals surface area contributed by atoms with Crippen LogP contribution in [0.3, 0.4) is 0 Å². The lowest BCUT2D eigenvalue weighted by Gasteiger charge is -2.27. The number of carbonyl (C=O) groups excluding carboxylic acids is 2. The maximum Gasteiger partial charge on any atom is 0.387 e. The lowest BCUT2D eigenvalue weighted by Crippen LogP contribution is -2.32. The van der Waals surface area contributed by atoms with Crippen molar-refractivity contribution >= 4 is 23.8 Å². The number of ketones is 1. The summed E-state index contributed by atoms with van der Waals surface area (Å²) in [5.74, 6) is 2.11. The van der Waals surface area contributed by atoms with Crippen LogP contribution in [0.15, 0.2) is 72.3 Å². The SMILES string of the molecule is Cc1ccc(Oc2ccc(C(=O)C3CCC(C/C=C4\C=c5ccc(C(=O)NCCOCC6CC6)c(OC(F)F)c5=C4)CC3)cc2)cc1. The third kappa shape index (κ3) is 8.74. The molecule has 0 heterocycles. The summed E-state index contributed by atoms with van der Waals surface area (Å²) in [6, 6.07) is 18.5. The highest BCUT2D eigenvalue weighted by Crippen LogP contribution is 2.34. The van der Waals surface area contributed by atoms with E-state index < -0.39 is 12.5 Å². The highest BCUT2D eigenvalue weighted by atomic mass is 19.3. The molecule has 0 spiro atoms. The maximum absolute atomic E-state index is 13.4. The van der Waals surface area contributed by atoms with E-state index in [0.717, 1.165) is 48.6 Å². The lowest BCUT2D eigenvalue weighted by atomic mass is 9.77. The number of amides is 1. The van der Waals surface area contributed by atoms with Crippen molar-refractivity contribution in [1.29, 1.82) is 0 Å². The smallest absolute Gasteiger partial charge is 0.387 e. The van der Waals surface area contributed by atoms with Gasteiger partial charge in [0.1, 0.15) is 17.2 Å². The molecular formula is C39H41F2NO5. The van der Waals surface area contributed by atoms with Crippen LogP contribution >= 0.6 is 0 Å². The molecule has 0 radical (unpaired) electrons. The van der Waals surface area contributed by atoms with Gasteiger partial charge in [0.2, 0.25) is 0 Å². The molecule has 3 aliphatic rings. The Morgan fingerprint density at radius 2 is 1.55 bits per heavy atom. The predicted molar refractivity (Wildman–Crippen MR) is 177 cm³/mol. The third-order valence-corrected chi connectivity index (χ3v) is 9.20. The molecule has 8 heteroatoms. The minimum absolute atomic E-state index is 0.0000109. The van der Waals surface area contributed by atoms with Crippen LogP contribution in [0, 0.1) is 24.7 Å². The second-order valence-corrected chi connectivity index (χ2v) is 12.8. The summed E-state index contributed by atoms with van der Waals surface area (Å²) in [4.78, 5) is 26.1. The van der Waals surface area contributed by atoms with E-state index in [2.05, 4.69) is 11.4 Å². The van der Waals surface area contributed by atoms with Gasteiger partial charge in [0.25, 0.3) is 5.91 Å². The molecule has 2 saturated carbocycles. The summed E-state index contributed by atoms with van der Waals surface area (Å²) in [5.41, 5.74) is 2.85. The number of ether oxygens (including phenoxy) is 3. The molecule has 1 N–H and O–H groups in total. The Balaban J connectivity index is 1.02. The Morgan fingerprint density at radius 3 is 2.23 bits per heavy atom. The van der Waals surface area contributed by atoms with Crippen LogP contribution in [0.4, 0.5) is 8.78 Å². The number of fused-ring (bicyclic) bond motifs is 1. The summed E-state index contributed by atoms with van der Waals surface area (Å²) in [6.07, 6.45) is 12.6. The van der Waals surface area contributed by atoms with E-state index in [1.807, 2.05) is 67.6 Å². The van der Waals surface area contributed by atoms with Gasteiger partial charge in [0, 0.05) is 29.9 Å². The van der Waals surface area contributed by atoms with Crippen molar-refractivity contribution < 1.29 is 32.6 Å². The van der Waals surface area contributed by atoms with Gasteiger partial charge >= 0.3 is 6.61 Å². The summed E-state index contributed by atoms with van der Waals surface area (Å²) >= 11 is 0. The van der Waals surface area contributed by atoms with Crippen molar-refractivity contribution in [1.82, 2.24) is 5.32 Å². The first-order valence-electron chi connectivity index (χ1n) is 16.6. The van der Waals surface area contributed by atoms with Gasteiger partial charge in [-0.25, -0.2) is 0 Å². The molecule has 47 heavy (non-hydrogen) atoms. The molecule has 6 rings (SSSR count). The van der Waals surface area contributed by atoms with Gasteiger partial charge in [-0.05, 0) is 129 Å². The number of Topliss-reactive ketones (excluding diaryl/α,β-unsaturated/α-hetero) is 1. The molecule has 0 bridgehead atoms. The van der Waals surface area contributed by atoms with Crippen LogP contribution in [0.1, 0.15) is 71.2 Å². The lowest BCUT2D eigenvalue weighted by molar-refractivity contribution is -0.0508. The average Bonchev–Trinajstić information content (AvgIpc) is 3.81. The van der Waals surface area contributed by atoms with Crippen LogP contribution in [-0.4, -0.2) is 38.1 Å². The summed E-state index contributed by atoms with van der Waals surface area (Å²) in [6.45, 7) is 0.327. The van der Waals surface area contributed by atoms with Crippen LogP contribution in [0.5, 0.6) is 17.2 Å². The number of aryl methyl sites for hydroxylation is 1.